The second-order valence-corrected chi connectivity index (χ2v) is 9.01. The Labute approximate surface area is 196 Å². The lowest BCUT2D eigenvalue weighted by atomic mass is 10.2. The van der Waals surface area contributed by atoms with E-state index in [1.165, 1.54) is 0 Å². The number of benzene rings is 2. The molecular weight excluding hydrogens is 478 g/mol. The molecule has 31 heavy (non-hydrogen) atoms. The molecule has 166 valence electrons. The summed E-state index contributed by atoms with van der Waals surface area (Å²) in [5.74, 6) is 2.45. The second-order valence-electron chi connectivity index (χ2n) is 7.09. The minimum absolute atomic E-state index is 0.0832. The number of nitrogens with zero attached hydrogens (tertiary/aromatic N) is 4. The molecule has 0 radical (unpaired) electrons. The topological polar surface area (TPSA) is 74.1 Å². The number of aromatic nitrogens is 4. The minimum atomic E-state index is 0.0832. The van der Waals surface area contributed by atoms with Crippen LogP contribution in [0.1, 0.15) is 32.8 Å². The third-order valence-electron chi connectivity index (χ3n) is 4.22. The predicted molar refractivity (Wildman–Crippen MR) is 127 cm³/mol. The van der Waals surface area contributed by atoms with E-state index in [-0.39, 0.29) is 6.10 Å². The number of thioether (sulfide) groups is 1. The highest BCUT2D eigenvalue weighted by molar-refractivity contribution is 9.10. The maximum atomic E-state index is 5.91. The van der Waals surface area contributed by atoms with Crippen LogP contribution in [-0.4, -0.2) is 45.2 Å². The van der Waals surface area contributed by atoms with Crippen LogP contribution in [0.2, 0.25) is 0 Å². The first kappa shape index (κ1) is 23.6. The Morgan fingerprint density at radius 3 is 2.74 bits per heavy atom. The van der Waals surface area contributed by atoms with Crippen LogP contribution in [0.3, 0.4) is 0 Å². The number of rotatable bonds is 12. The van der Waals surface area contributed by atoms with Crippen LogP contribution in [0.5, 0.6) is 11.5 Å². The van der Waals surface area contributed by atoms with Crippen molar-refractivity contribution in [2.75, 3.05) is 18.9 Å². The molecule has 0 bridgehead atoms. The molecule has 0 saturated heterocycles. The van der Waals surface area contributed by atoms with Gasteiger partial charge < -0.3 is 14.8 Å². The molecule has 0 atom stereocenters. The summed E-state index contributed by atoms with van der Waals surface area (Å²) in [4.78, 5) is 0. The summed E-state index contributed by atoms with van der Waals surface area (Å²) in [5.41, 5.74) is 2.11. The van der Waals surface area contributed by atoms with Crippen LogP contribution >= 0.6 is 27.7 Å². The van der Waals surface area contributed by atoms with Crippen molar-refractivity contribution in [2.24, 2.45) is 0 Å². The van der Waals surface area contributed by atoms with Crippen LogP contribution in [0.15, 0.2) is 52.1 Å². The highest BCUT2D eigenvalue weighted by Crippen LogP contribution is 2.37. The normalized spacial score (nSPS) is 11.1. The van der Waals surface area contributed by atoms with Crippen molar-refractivity contribution >= 4 is 27.7 Å². The molecule has 2 aromatic carbocycles. The molecule has 1 N–H and O–H groups in total. The molecule has 0 unspecified atom stereocenters. The molecule has 3 rings (SSSR count). The summed E-state index contributed by atoms with van der Waals surface area (Å²) in [5, 5.41) is 16.3. The van der Waals surface area contributed by atoms with E-state index in [0.717, 1.165) is 57.6 Å². The fourth-order valence-corrected chi connectivity index (χ4v) is 4.34. The van der Waals surface area contributed by atoms with Gasteiger partial charge in [-0.1, -0.05) is 30.0 Å². The highest BCUT2D eigenvalue weighted by Gasteiger charge is 2.14. The lowest BCUT2D eigenvalue weighted by molar-refractivity contribution is 0.222. The van der Waals surface area contributed by atoms with E-state index in [9.17, 15) is 0 Å². The number of hydrogen-bond acceptors (Lipinski definition) is 7. The van der Waals surface area contributed by atoms with Crippen molar-refractivity contribution < 1.29 is 9.47 Å². The van der Waals surface area contributed by atoms with Crippen LogP contribution in [0.25, 0.3) is 5.69 Å². The standard InChI is InChI=1S/C22H28BrN5O2S/c1-4-29-20-14-17(13-19(23)21(20)30-16(2)3)15-24-11-8-12-31-22-25-26-27-28(22)18-9-6-5-7-10-18/h5-7,9-10,13-14,16,24H,4,8,11-12,15H2,1-3H3. The number of tetrazole rings is 1. The van der Waals surface area contributed by atoms with Crippen molar-refractivity contribution in [3.63, 3.8) is 0 Å². The van der Waals surface area contributed by atoms with E-state index in [2.05, 4.69) is 42.8 Å². The number of para-hydroxylation sites is 1. The van der Waals surface area contributed by atoms with Gasteiger partial charge in [-0.15, -0.1) is 5.10 Å². The van der Waals surface area contributed by atoms with Gasteiger partial charge >= 0.3 is 0 Å². The molecular formula is C22H28BrN5O2S. The van der Waals surface area contributed by atoms with Crippen molar-refractivity contribution in [2.45, 2.75) is 45.0 Å². The van der Waals surface area contributed by atoms with Gasteiger partial charge in [0.25, 0.3) is 0 Å². The Hall–Kier alpha value is -2.10. The van der Waals surface area contributed by atoms with Gasteiger partial charge in [0, 0.05) is 12.3 Å². The fraction of sp³-hybridized carbons (Fsp3) is 0.409. The zero-order valence-corrected chi connectivity index (χ0v) is 20.4. The molecule has 7 nitrogen and oxygen atoms in total. The fourth-order valence-electron chi connectivity index (χ4n) is 2.93. The first-order chi connectivity index (χ1) is 15.1. The Morgan fingerprint density at radius 2 is 2.00 bits per heavy atom. The molecule has 0 fully saturated rings. The zero-order valence-electron chi connectivity index (χ0n) is 18.0. The smallest absolute Gasteiger partial charge is 0.214 e. The van der Waals surface area contributed by atoms with Gasteiger partial charge in [0.15, 0.2) is 11.5 Å². The van der Waals surface area contributed by atoms with Crippen molar-refractivity contribution in [3.8, 4) is 17.2 Å². The number of ether oxygens (including phenoxy) is 2. The maximum Gasteiger partial charge on any atom is 0.214 e. The summed E-state index contributed by atoms with van der Waals surface area (Å²) in [7, 11) is 0. The molecule has 0 spiro atoms. The predicted octanol–water partition coefficient (Wildman–Crippen LogP) is 4.88. The SMILES string of the molecule is CCOc1cc(CNCCCSc2nnnn2-c2ccccc2)cc(Br)c1OC(C)C. The second kappa shape index (κ2) is 12.1. The number of halogens is 1. The van der Waals surface area contributed by atoms with Gasteiger partial charge in [0.05, 0.1) is 22.9 Å². The van der Waals surface area contributed by atoms with Crippen molar-refractivity contribution in [1.29, 1.82) is 0 Å². The van der Waals surface area contributed by atoms with Gasteiger partial charge in [0.1, 0.15) is 0 Å². The molecule has 9 heteroatoms. The summed E-state index contributed by atoms with van der Waals surface area (Å²) >= 11 is 5.28. The Bertz CT molecular complexity index is 952. The molecule has 1 aromatic heterocycles. The van der Waals surface area contributed by atoms with Crippen LogP contribution in [0, 0.1) is 0 Å². The lowest BCUT2D eigenvalue weighted by Crippen LogP contribution is -2.16. The third kappa shape index (κ3) is 6.95. The lowest BCUT2D eigenvalue weighted by Gasteiger charge is -2.17. The maximum absolute atomic E-state index is 5.91. The Balaban J connectivity index is 1.47. The summed E-state index contributed by atoms with van der Waals surface area (Å²) < 4.78 is 14.4. The van der Waals surface area contributed by atoms with Crippen LogP contribution in [0.4, 0.5) is 0 Å². The molecule has 0 aliphatic rings. The number of hydrogen-bond donors (Lipinski definition) is 1. The Kier molecular flexibility index (Phi) is 9.17. The van der Waals surface area contributed by atoms with E-state index in [4.69, 9.17) is 9.47 Å². The summed E-state index contributed by atoms with van der Waals surface area (Å²) in [6, 6.07) is 14.0. The van der Waals surface area contributed by atoms with Gasteiger partial charge in [0.2, 0.25) is 5.16 Å². The van der Waals surface area contributed by atoms with Gasteiger partial charge in [-0.05, 0) is 89.9 Å². The molecule has 1 heterocycles. The third-order valence-corrected chi connectivity index (χ3v) is 5.82. The molecule has 3 aromatic rings. The van der Waals surface area contributed by atoms with E-state index in [1.54, 1.807) is 16.4 Å². The van der Waals surface area contributed by atoms with E-state index < -0.39 is 0 Å². The largest absolute Gasteiger partial charge is 0.490 e. The molecule has 0 saturated carbocycles. The average Bonchev–Trinajstić information content (AvgIpc) is 3.22. The molecule has 0 aliphatic heterocycles. The first-order valence-corrected chi connectivity index (χ1v) is 12.2. The Morgan fingerprint density at radius 1 is 1.19 bits per heavy atom. The van der Waals surface area contributed by atoms with Gasteiger partial charge in [-0.3, -0.25) is 0 Å². The monoisotopic (exact) mass is 505 g/mol. The van der Waals surface area contributed by atoms with Crippen LogP contribution in [-0.2, 0) is 6.54 Å². The van der Waals surface area contributed by atoms with Crippen LogP contribution < -0.4 is 14.8 Å². The van der Waals surface area contributed by atoms with Crippen molar-refractivity contribution in [3.05, 3.63) is 52.5 Å². The summed E-state index contributed by atoms with van der Waals surface area (Å²) in [6.45, 7) is 8.24. The number of nitrogens with one attached hydrogen (secondary N) is 1. The van der Waals surface area contributed by atoms with E-state index in [0.29, 0.717) is 6.61 Å². The van der Waals surface area contributed by atoms with Gasteiger partial charge in [-0.25, -0.2) is 0 Å². The molecule has 0 amide bonds. The van der Waals surface area contributed by atoms with E-state index >= 15 is 0 Å². The van der Waals surface area contributed by atoms with E-state index in [1.807, 2.05) is 57.2 Å². The minimum Gasteiger partial charge on any atom is -0.490 e. The summed E-state index contributed by atoms with van der Waals surface area (Å²) in [6.07, 6.45) is 1.08. The molecule has 0 aliphatic carbocycles. The quantitative estimate of drug-likeness (QED) is 0.277. The average molecular weight is 506 g/mol. The zero-order chi connectivity index (χ0) is 22.1. The van der Waals surface area contributed by atoms with Gasteiger partial charge in [-0.2, -0.15) is 4.68 Å². The highest BCUT2D eigenvalue weighted by atomic mass is 79.9. The first-order valence-electron chi connectivity index (χ1n) is 10.4. The van der Waals surface area contributed by atoms with Crippen molar-refractivity contribution in [1.82, 2.24) is 25.5 Å².